The van der Waals surface area contributed by atoms with E-state index in [9.17, 15) is 21.6 Å². The number of alkyl halides is 3. The van der Waals surface area contributed by atoms with Crippen LogP contribution in [0.25, 0.3) is 0 Å². The SMILES string of the molecule is CN(CC(F)(F)F)S(=O)(=O)c1cnc(N)c(Cl)c1. The largest absolute Gasteiger partial charge is 0.402 e. The number of nitrogens with zero attached hydrogens (tertiary/aromatic N) is 2. The summed E-state index contributed by atoms with van der Waals surface area (Å²) in [5, 5.41) is -0.142. The number of hydrogen-bond donors (Lipinski definition) is 1. The molecule has 0 saturated carbocycles. The zero-order valence-corrected chi connectivity index (χ0v) is 10.6. The smallest absolute Gasteiger partial charge is 0.382 e. The molecule has 0 aliphatic heterocycles. The van der Waals surface area contributed by atoms with Crippen molar-refractivity contribution in [3.8, 4) is 0 Å². The van der Waals surface area contributed by atoms with Crippen LogP contribution in [0.2, 0.25) is 5.02 Å². The lowest BCUT2D eigenvalue weighted by molar-refractivity contribution is -0.134. The van der Waals surface area contributed by atoms with Gasteiger partial charge in [0, 0.05) is 13.2 Å². The lowest BCUT2D eigenvalue weighted by Gasteiger charge is -2.18. The zero-order chi connectivity index (χ0) is 14.1. The summed E-state index contributed by atoms with van der Waals surface area (Å²) in [6.45, 7) is -1.60. The van der Waals surface area contributed by atoms with Crippen LogP contribution in [0.1, 0.15) is 0 Å². The molecule has 0 atom stereocenters. The fourth-order valence-electron chi connectivity index (χ4n) is 1.09. The molecule has 0 amide bonds. The lowest BCUT2D eigenvalue weighted by atomic mass is 10.5. The Morgan fingerprint density at radius 1 is 1.50 bits per heavy atom. The molecular formula is C8H9ClF3N3O2S. The second kappa shape index (κ2) is 4.90. The first-order valence-corrected chi connectivity index (χ1v) is 6.30. The van der Waals surface area contributed by atoms with E-state index in [1.165, 1.54) is 0 Å². The number of nitrogen functional groups attached to an aromatic ring is 1. The third-order valence-electron chi connectivity index (χ3n) is 1.95. The number of hydrogen-bond acceptors (Lipinski definition) is 4. The third-order valence-corrected chi connectivity index (χ3v) is 4.03. The summed E-state index contributed by atoms with van der Waals surface area (Å²) in [6, 6.07) is 0.950. The van der Waals surface area contributed by atoms with Gasteiger partial charge in [-0.3, -0.25) is 0 Å². The summed E-state index contributed by atoms with van der Waals surface area (Å²) >= 11 is 5.56. The van der Waals surface area contributed by atoms with E-state index < -0.39 is 27.6 Å². The molecule has 0 aliphatic rings. The predicted molar refractivity (Wildman–Crippen MR) is 59.5 cm³/mol. The standard InChI is InChI=1S/C8H9ClF3N3O2S/c1-15(4-8(10,11)12)18(16,17)5-2-6(9)7(13)14-3-5/h2-3H,4H2,1H3,(H2,13,14). The number of rotatable bonds is 3. The van der Waals surface area contributed by atoms with Gasteiger partial charge in [-0.1, -0.05) is 11.6 Å². The molecule has 0 spiro atoms. The highest BCUT2D eigenvalue weighted by molar-refractivity contribution is 7.89. The van der Waals surface area contributed by atoms with Gasteiger partial charge in [0.25, 0.3) is 0 Å². The van der Waals surface area contributed by atoms with Crippen LogP contribution in [0.15, 0.2) is 17.2 Å². The van der Waals surface area contributed by atoms with Crippen molar-refractivity contribution in [2.75, 3.05) is 19.3 Å². The normalized spacial score (nSPS) is 13.0. The summed E-state index contributed by atoms with van der Waals surface area (Å²) in [4.78, 5) is 3.03. The summed E-state index contributed by atoms with van der Waals surface area (Å²) in [6.07, 6.45) is -3.78. The first-order chi connectivity index (χ1) is 8.04. The number of pyridine rings is 1. The molecule has 0 bridgehead atoms. The molecule has 0 aliphatic carbocycles. The topological polar surface area (TPSA) is 76.3 Å². The summed E-state index contributed by atoms with van der Waals surface area (Å²) < 4.78 is 60.1. The van der Waals surface area contributed by atoms with Crippen molar-refractivity contribution in [3.05, 3.63) is 17.3 Å². The van der Waals surface area contributed by atoms with Gasteiger partial charge < -0.3 is 5.73 Å². The number of sulfonamides is 1. The third kappa shape index (κ3) is 3.47. The average Bonchev–Trinajstić information content (AvgIpc) is 2.19. The maximum Gasteiger partial charge on any atom is 0.402 e. The van der Waals surface area contributed by atoms with Crippen molar-refractivity contribution >= 4 is 27.4 Å². The van der Waals surface area contributed by atoms with E-state index >= 15 is 0 Å². The van der Waals surface area contributed by atoms with Gasteiger partial charge in [-0.05, 0) is 6.07 Å². The van der Waals surface area contributed by atoms with Gasteiger partial charge >= 0.3 is 6.18 Å². The second-order valence-electron chi connectivity index (χ2n) is 3.41. The van der Waals surface area contributed by atoms with Crippen LogP contribution in [0.5, 0.6) is 0 Å². The Labute approximate surface area is 106 Å². The van der Waals surface area contributed by atoms with Gasteiger partial charge in [-0.2, -0.15) is 17.5 Å². The highest BCUT2D eigenvalue weighted by atomic mass is 35.5. The second-order valence-corrected chi connectivity index (χ2v) is 5.87. The van der Waals surface area contributed by atoms with Crippen LogP contribution in [0.4, 0.5) is 19.0 Å². The summed E-state index contributed by atoms with van der Waals surface area (Å²) in [5.74, 6) is -0.103. The lowest BCUT2D eigenvalue weighted by Crippen LogP contribution is -2.35. The fraction of sp³-hybridized carbons (Fsp3) is 0.375. The highest BCUT2D eigenvalue weighted by Gasteiger charge is 2.35. The number of nitrogens with two attached hydrogens (primary N) is 1. The maximum atomic E-state index is 12.1. The number of aromatic nitrogens is 1. The van der Waals surface area contributed by atoms with E-state index in [0.29, 0.717) is 0 Å². The maximum absolute atomic E-state index is 12.1. The van der Waals surface area contributed by atoms with Gasteiger partial charge in [-0.15, -0.1) is 0 Å². The quantitative estimate of drug-likeness (QED) is 0.918. The molecule has 5 nitrogen and oxygen atoms in total. The Kier molecular flexibility index (Phi) is 4.08. The van der Waals surface area contributed by atoms with E-state index in [1.54, 1.807) is 0 Å². The van der Waals surface area contributed by atoms with E-state index in [4.69, 9.17) is 17.3 Å². The molecule has 18 heavy (non-hydrogen) atoms. The van der Waals surface area contributed by atoms with Crippen molar-refractivity contribution in [2.45, 2.75) is 11.1 Å². The Morgan fingerprint density at radius 2 is 2.06 bits per heavy atom. The molecular weight excluding hydrogens is 295 g/mol. The fourth-order valence-corrected chi connectivity index (χ4v) is 2.45. The van der Waals surface area contributed by atoms with Crippen molar-refractivity contribution < 1.29 is 21.6 Å². The highest BCUT2D eigenvalue weighted by Crippen LogP contribution is 2.24. The molecule has 0 radical (unpaired) electrons. The Balaban J connectivity index is 3.10. The molecule has 10 heteroatoms. The number of anilines is 1. The minimum atomic E-state index is -4.63. The van der Waals surface area contributed by atoms with E-state index in [1.807, 2.05) is 0 Å². The van der Waals surface area contributed by atoms with E-state index in [2.05, 4.69) is 4.98 Å². The molecule has 1 aromatic rings. The molecule has 102 valence electrons. The van der Waals surface area contributed by atoms with Crippen molar-refractivity contribution in [2.24, 2.45) is 0 Å². The minimum Gasteiger partial charge on any atom is -0.382 e. The minimum absolute atomic E-state index is 0.103. The van der Waals surface area contributed by atoms with Gasteiger partial charge in [0.1, 0.15) is 17.3 Å². The Morgan fingerprint density at radius 3 is 2.50 bits per heavy atom. The van der Waals surface area contributed by atoms with Gasteiger partial charge in [0.05, 0.1) is 5.02 Å². The van der Waals surface area contributed by atoms with Crippen LogP contribution < -0.4 is 5.73 Å². The van der Waals surface area contributed by atoms with Crippen LogP contribution >= 0.6 is 11.6 Å². The molecule has 0 aromatic carbocycles. The molecule has 2 N–H and O–H groups in total. The van der Waals surface area contributed by atoms with Crippen LogP contribution in [-0.2, 0) is 10.0 Å². The molecule has 1 heterocycles. The van der Waals surface area contributed by atoms with Crippen LogP contribution in [-0.4, -0.2) is 37.5 Å². The van der Waals surface area contributed by atoms with Crippen molar-refractivity contribution in [3.63, 3.8) is 0 Å². The van der Waals surface area contributed by atoms with E-state index in [-0.39, 0.29) is 15.1 Å². The summed E-state index contributed by atoms with van der Waals surface area (Å²) in [7, 11) is -3.49. The Hall–Kier alpha value is -1.06. The van der Waals surface area contributed by atoms with Gasteiger partial charge in [0.15, 0.2) is 0 Å². The first kappa shape index (κ1) is 15.0. The van der Waals surface area contributed by atoms with E-state index in [0.717, 1.165) is 19.3 Å². The molecule has 0 saturated heterocycles. The molecule has 1 aromatic heterocycles. The predicted octanol–water partition coefficient (Wildman–Crippen LogP) is 1.50. The monoisotopic (exact) mass is 303 g/mol. The Bertz CT molecular complexity index is 547. The molecule has 0 unspecified atom stereocenters. The van der Waals surface area contributed by atoms with Gasteiger partial charge in [0.2, 0.25) is 10.0 Å². The van der Waals surface area contributed by atoms with Gasteiger partial charge in [-0.25, -0.2) is 13.4 Å². The number of halogens is 4. The van der Waals surface area contributed by atoms with Crippen LogP contribution in [0.3, 0.4) is 0 Å². The summed E-state index contributed by atoms with van der Waals surface area (Å²) in [5.41, 5.74) is 5.28. The van der Waals surface area contributed by atoms with Crippen molar-refractivity contribution in [1.82, 2.24) is 9.29 Å². The zero-order valence-electron chi connectivity index (χ0n) is 9.07. The first-order valence-electron chi connectivity index (χ1n) is 4.48. The van der Waals surface area contributed by atoms with Crippen molar-refractivity contribution in [1.29, 1.82) is 0 Å². The molecule has 1 rings (SSSR count). The van der Waals surface area contributed by atoms with Crippen LogP contribution in [0, 0.1) is 0 Å². The average molecular weight is 304 g/mol. The molecule has 0 fully saturated rings.